The predicted molar refractivity (Wildman–Crippen MR) is 114 cm³/mol. The number of benzene rings is 2. The molecule has 0 saturated heterocycles. The topological polar surface area (TPSA) is 42.2 Å². The first-order chi connectivity index (χ1) is 13.7. The molecule has 1 N–H and O–H groups in total. The van der Waals surface area contributed by atoms with Crippen LogP contribution in [0.1, 0.15) is 35.4 Å². The zero-order valence-corrected chi connectivity index (χ0v) is 16.4. The van der Waals surface area contributed by atoms with Gasteiger partial charge < -0.3 is 5.32 Å². The monoisotopic (exact) mass is 368 g/mol. The van der Waals surface area contributed by atoms with E-state index in [1.807, 2.05) is 10.6 Å². The number of anilines is 2. The Kier molecular flexibility index (Phi) is 4.12. The molecule has 28 heavy (non-hydrogen) atoms. The Labute approximate surface area is 165 Å². The van der Waals surface area contributed by atoms with Gasteiger partial charge in [0.05, 0.1) is 5.69 Å². The van der Waals surface area contributed by atoms with Crippen LogP contribution in [0.4, 0.5) is 11.5 Å². The van der Waals surface area contributed by atoms with Gasteiger partial charge in [-0.05, 0) is 57.2 Å². The number of rotatable bonds is 3. The molecule has 5 rings (SSSR count). The second-order valence-electron chi connectivity index (χ2n) is 7.65. The highest BCUT2D eigenvalue weighted by atomic mass is 15.3. The number of fused-ring (bicyclic) bond motifs is 2. The average Bonchev–Trinajstić information content (AvgIpc) is 3.05. The van der Waals surface area contributed by atoms with Crippen LogP contribution in [0.5, 0.6) is 0 Å². The molecular formula is C24H24N4. The van der Waals surface area contributed by atoms with E-state index in [1.165, 1.54) is 35.2 Å². The molecule has 0 atom stereocenters. The summed E-state index contributed by atoms with van der Waals surface area (Å²) in [6, 6.07) is 19.0. The average molecular weight is 368 g/mol. The Bertz CT molecular complexity index is 1140. The van der Waals surface area contributed by atoms with Crippen LogP contribution in [0.3, 0.4) is 0 Å². The van der Waals surface area contributed by atoms with Gasteiger partial charge >= 0.3 is 0 Å². The highest BCUT2D eigenvalue weighted by Crippen LogP contribution is 2.34. The standard InChI is InChI=1S/C24H24N4/c1-16-12-14-19(15-13-16)25-23-20-10-6-7-11-21(20)26-24-22(17(2)27-28(23)24)18-8-4-3-5-9-18/h3-5,8-9,12-15,25H,6-7,10-11H2,1-2H3. The highest BCUT2D eigenvalue weighted by Gasteiger charge is 2.23. The van der Waals surface area contributed by atoms with Crippen LogP contribution in [0.25, 0.3) is 16.8 Å². The first kappa shape index (κ1) is 17.0. The van der Waals surface area contributed by atoms with Gasteiger partial charge in [-0.15, -0.1) is 0 Å². The largest absolute Gasteiger partial charge is 0.340 e. The lowest BCUT2D eigenvalue weighted by Crippen LogP contribution is -2.13. The molecule has 0 aliphatic heterocycles. The summed E-state index contributed by atoms with van der Waals surface area (Å²) in [7, 11) is 0. The second kappa shape index (κ2) is 6.79. The van der Waals surface area contributed by atoms with Crippen molar-refractivity contribution in [3.05, 3.63) is 77.1 Å². The van der Waals surface area contributed by atoms with Crippen LogP contribution in [-0.2, 0) is 12.8 Å². The van der Waals surface area contributed by atoms with E-state index in [2.05, 4.69) is 67.7 Å². The first-order valence-electron chi connectivity index (χ1n) is 10.0. The molecule has 0 unspecified atom stereocenters. The van der Waals surface area contributed by atoms with Gasteiger partial charge in [-0.3, -0.25) is 0 Å². The van der Waals surface area contributed by atoms with E-state index < -0.39 is 0 Å². The second-order valence-corrected chi connectivity index (χ2v) is 7.65. The highest BCUT2D eigenvalue weighted by molar-refractivity contribution is 5.82. The molecule has 4 nitrogen and oxygen atoms in total. The van der Waals surface area contributed by atoms with Gasteiger partial charge in [-0.25, -0.2) is 4.98 Å². The van der Waals surface area contributed by atoms with Gasteiger partial charge in [0.25, 0.3) is 0 Å². The lowest BCUT2D eigenvalue weighted by molar-refractivity contribution is 0.662. The molecule has 0 amide bonds. The van der Waals surface area contributed by atoms with E-state index in [0.717, 1.165) is 41.3 Å². The van der Waals surface area contributed by atoms with Crippen LogP contribution < -0.4 is 5.32 Å². The number of hydrogen-bond acceptors (Lipinski definition) is 3. The minimum absolute atomic E-state index is 0.943. The van der Waals surface area contributed by atoms with Crippen LogP contribution in [0.2, 0.25) is 0 Å². The summed E-state index contributed by atoms with van der Waals surface area (Å²) >= 11 is 0. The lowest BCUT2D eigenvalue weighted by atomic mass is 9.96. The number of nitrogens with zero attached hydrogens (tertiary/aromatic N) is 3. The molecule has 0 bridgehead atoms. The maximum absolute atomic E-state index is 5.09. The smallest absolute Gasteiger partial charge is 0.165 e. The van der Waals surface area contributed by atoms with Crippen molar-refractivity contribution in [2.75, 3.05) is 5.32 Å². The van der Waals surface area contributed by atoms with Crippen molar-refractivity contribution in [2.45, 2.75) is 39.5 Å². The van der Waals surface area contributed by atoms with E-state index in [9.17, 15) is 0 Å². The van der Waals surface area contributed by atoms with E-state index in [0.29, 0.717) is 0 Å². The van der Waals surface area contributed by atoms with Crippen molar-refractivity contribution in [2.24, 2.45) is 0 Å². The quantitative estimate of drug-likeness (QED) is 0.509. The Morgan fingerprint density at radius 3 is 2.43 bits per heavy atom. The molecule has 0 spiro atoms. The molecule has 0 fully saturated rings. The van der Waals surface area contributed by atoms with Gasteiger partial charge in [0.1, 0.15) is 5.82 Å². The van der Waals surface area contributed by atoms with Crippen LogP contribution in [-0.4, -0.2) is 14.6 Å². The Hall–Kier alpha value is -3.14. The summed E-state index contributed by atoms with van der Waals surface area (Å²) in [4.78, 5) is 5.09. The number of aromatic nitrogens is 3. The van der Waals surface area contributed by atoms with Gasteiger partial charge in [0.15, 0.2) is 5.65 Å². The zero-order valence-electron chi connectivity index (χ0n) is 16.4. The lowest BCUT2D eigenvalue weighted by Gasteiger charge is -2.20. The van der Waals surface area contributed by atoms with Crippen molar-refractivity contribution in [1.82, 2.24) is 14.6 Å². The molecule has 0 saturated carbocycles. The van der Waals surface area contributed by atoms with E-state index >= 15 is 0 Å². The summed E-state index contributed by atoms with van der Waals surface area (Å²) < 4.78 is 2.02. The van der Waals surface area contributed by atoms with E-state index in [1.54, 1.807) is 0 Å². The number of hydrogen-bond donors (Lipinski definition) is 1. The minimum Gasteiger partial charge on any atom is -0.340 e. The van der Waals surface area contributed by atoms with Gasteiger partial charge in [-0.1, -0.05) is 48.0 Å². The van der Waals surface area contributed by atoms with Gasteiger partial charge in [0.2, 0.25) is 0 Å². The van der Waals surface area contributed by atoms with Crippen LogP contribution >= 0.6 is 0 Å². The third-order valence-electron chi connectivity index (χ3n) is 5.59. The summed E-state index contributed by atoms with van der Waals surface area (Å²) in [5, 5.41) is 8.56. The van der Waals surface area contributed by atoms with E-state index in [4.69, 9.17) is 10.1 Å². The van der Waals surface area contributed by atoms with Crippen LogP contribution in [0.15, 0.2) is 54.6 Å². The fraction of sp³-hybridized carbons (Fsp3) is 0.250. The molecule has 0 radical (unpaired) electrons. The Morgan fingerprint density at radius 2 is 1.64 bits per heavy atom. The van der Waals surface area contributed by atoms with Crippen molar-refractivity contribution in [3.8, 4) is 11.1 Å². The van der Waals surface area contributed by atoms with Gasteiger partial charge in [-0.2, -0.15) is 9.61 Å². The van der Waals surface area contributed by atoms with Crippen LogP contribution in [0, 0.1) is 13.8 Å². The van der Waals surface area contributed by atoms with E-state index in [-0.39, 0.29) is 0 Å². The molecule has 140 valence electrons. The summed E-state index contributed by atoms with van der Waals surface area (Å²) in [6.45, 7) is 4.19. The normalized spacial score (nSPS) is 13.5. The molecule has 4 aromatic rings. The molecule has 2 aromatic heterocycles. The van der Waals surface area contributed by atoms with Crippen molar-refractivity contribution >= 4 is 17.2 Å². The van der Waals surface area contributed by atoms with Crippen molar-refractivity contribution in [1.29, 1.82) is 0 Å². The molecule has 1 aliphatic carbocycles. The molecule has 2 heterocycles. The number of aryl methyl sites for hydroxylation is 3. The molecule has 2 aromatic carbocycles. The maximum Gasteiger partial charge on any atom is 0.165 e. The molecule has 4 heteroatoms. The summed E-state index contributed by atoms with van der Waals surface area (Å²) in [6.07, 6.45) is 4.49. The Morgan fingerprint density at radius 1 is 0.893 bits per heavy atom. The Balaban J connectivity index is 1.74. The first-order valence-corrected chi connectivity index (χ1v) is 10.0. The molecular weight excluding hydrogens is 344 g/mol. The zero-order chi connectivity index (χ0) is 19.1. The van der Waals surface area contributed by atoms with Crippen molar-refractivity contribution in [3.63, 3.8) is 0 Å². The third-order valence-corrected chi connectivity index (χ3v) is 5.59. The molecule has 1 aliphatic rings. The fourth-order valence-corrected chi connectivity index (χ4v) is 4.14. The SMILES string of the molecule is Cc1ccc(Nc2c3c(nc4c(-c5ccccc5)c(C)nn24)CCCC3)cc1. The third kappa shape index (κ3) is 2.85. The minimum atomic E-state index is 0.943. The maximum atomic E-state index is 5.09. The van der Waals surface area contributed by atoms with Gasteiger partial charge in [0, 0.05) is 22.5 Å². The predicted octanol–water partition coefficient (Wildman–Crippen LogP) is 5.64. The summed E-state index contributed by atoms with van der Waals surface area (Å²) in [5.74, 6) is 1.06. The number of nitrogens with one attached hydrogen (secondary N) is 1. The summed E-state index contributed by atoms with van der Waals surface area (Å²) in [5.41, 5.74) is 9.10. The van der Waals surface area contributed by atoms with Crippen molar-refractivity contribution < 1.29 is 0 Å². The fourth-order valence-electron chi connectivity index (χ4n) is 4.14.